The SMILES string of the molecule is CCCC(I)C(=O)OCCN([O])CCOC(=O)C(CC)CI. The fraction of sp³-hybridized carbons (Fsp3) is 0.857. The Bertz CT molecular complexity index is 326. The first-order valence-electron chi connectivity index (χ1n) is 7.41. The van der Waals surface area contributed by atoms with Gasteiger partial charge >= 0.3 is 11.9 Å². The Labute approximate surface area is 159 Å². The van der Waals surface area contributed by atoms with Gasteiger partial charge in [-0.15, -0.1) is 10.3 Å². The molecule has 0 amide bonds. The van der Waals surface area contributed by atoms with Crippen LogP contribution in [0.5, 0.6) is 0 Å². The zero-order valence-corrected chi connectivity index (χ0v) is 17.4. The van der Waals surface area contributed by atoms with E-state index in [4.69, 9.17) is 9.47 Å². The van der Waals surface area contributed by atoms with E-state index in [1.807, 2.05) is 36.4 Å². The molecule has 22 heavy (non-hydrogen) atoms. The molecule has 0 aromatic heterocycles. The van der Waals surface area contributed by atoms with Gasteiger partial charge in [0.2, 0.25) is 0 Å². The maximum Gasteiger partial charge on any atom is 0.318 e. The number of alkyl halides is 2. The van der Waals surface area contributed by atoms with E-state index < -0.39 is 0 Å². The summed E-state index contributed by atoms with van der Waals surface area (Å²) in [6.07, 6.45) is 2.41. The van der Waals surface area contributed by atoms with Gasteiger partial charge in [0.25, 0.3) is 0 Å². The maximum absolute atomic E-state index is 11.6. The van der Waals surface area contributed by atoms with Crippen molar-refractivity contribution in [2.45, 2.75) is 37.0 Å². The highest BCUT2D eigenvalue weighted by Gasteiger charge is 2.17. The van der Waals surface area contributed by atoms with Crippen molar-refractivity contribution in [2.24, 2.45) is 5.92 Å². The summed E-state index contributed by atoms with van der Waals surface area (Å²) in [5.41, 5.74) is 0. The van der Waals surface area contributed by atoms with E-state index in [0.29, 0.717) is 4.43 Å². The predicted octanol–water partition coefficient (Wildman–Crippen LogP) is 2.79. The highest BCUT2D eigenvalue weighted by molar-refractivity contribution is 14.1. The number of hydrogen-bond acceptors (Lipinski definition) is 5. The van der Waals surface area contributed by atoms with Crippen molar-refractivity contribution < 1.29 is 24.3 Å². The quantitative estimate of drug-likeness (QED) is 0.165. The molecule has 0 aliphatic carbocycles. The number of rotatable bonds is 12. The Hall–Kier alpha value is 0.320. The zero-order valence-electron chi connectivity index (χ0n) is 13.1. The molecule has 0 N–H and O–H groups in total. The van der Waals surface area contributed by atoms with Gasteiger partial charge < -0.3 is 9.47 Å². The second-order valence-corrected chi connectivity index (χ2v) is 7.16. The molecule has 0 saturated carbocycles. The molecule has 6 nitrogen and oxygen atoms in total. The van der Waals surface area contributed by atoms with E-state index in [1.54, 1.807) is 0 Å². The lowest BCUT2D eigenvalue weighted by molar-refractivity contribution is -0.179. The standard InChI is InChI=1S/C14H24I2NO5/c1-3-5-12(16)14(19)22-9-7-17(20)6-8-21-13(18)11(4-2)10-15/h11-12H,3-10H2,1-2H3. The summed E-state index contributed by atoms with van der Waals surface area (Å²) in [5.74, 6) is -0.653. The number of esters is 2. The van der Waals surface area contributed by atoms with Crippen LogP contribution >= 0.6 is 45.2 Å². The molecule has 129 valence electrons. The van der Waals surface area contributed by atoms with Gasteiger partial charge in [0.05, 0.1) is 19.0 Å². The summed E-state index contributed by atoms with van der Waals surface area (Å²) in [4.78, 5) is 23.1. The van der Waals surface area contributed by atoms with E-state index in [-0.39, 0.29) is 48.1 Å². The molecule has 0 bridgehead atoms. The maximum atomic E-state index is 11.6. The number of halogens is 2. The van der Waals surface area contributed by atoms with Gasteiger partial charge in [-0.05, 0) is 12.8 Å². The molecule has 0 fully saturated rings. The topological polar surface area (TPSA) is 75.7 Å². The lowest BCUT2D eigenvalue weighted by Gasteiger charge is -2.15. The van der Waals surface area contributed by atoms with Gasteiger partial charge in [-0.3, -0.25) is 9.59 Å². The highest BCUT2D eigenvalue weighted by Crippen LogP contribution is 2.10. The van der Waals surface area contributed by atoms with Crippen molar-refractivity contribution >= 4 is 57.1 Å². The average molecular weight is 540 g/mol. The fourth-order valence-electron chi connectivity index (χ4n) is 1.53. The minimum Gasteiger partial charge on any atom is -0.464 e. The minimum absolute atomic E-state index is 0.0603. The van der Waals surface area contributed by atoms with E-state index in [1.165, 1.54) is 0 Å². The Kier molecular flexibility index (Phi) is 13.9. The van der Waals surface area contributed by atoms with Crippen molar-refractivity contribution in [3.63, 3.8) is 0 Å². The number of hydroxylamine groups is 2. The lowest BCUT2D eigenvalue weighted by atomic mass is 10.1. The van der Waals surface area contributed by atoms with Gasteiger partial charge in [-0.2, -0.15) is 0 Å². The van der Waals surface area contributed by atoms with Gasteiger partial charge in [-0.25, -0.2) is 0 Å². The molecule has 0 aliphatic heterocycles. The van der Waals surface area contributed by atoms with Crippen LogP contribution < -0.4 is 0 Å². The number of carbonyl (C=O) groups excluding carboxylic acids is 2. The second kappa shape index (κ2) is 13.7. The van der Waals surface area contributed by atoms with Crippen molar-refractivity contribution in [1.29, 1.82) is 0 Å². The van der Waals surface area contributed by atoms with Gasteiger partial charge in [0.1, 0.15) is 17.1 Å². The molecule has 0 rings (SSSR count). The van der Waals surface area contributed by atoms with Crippen LogP contribution in [0.2, 0.25) is 0 Å². The van der Waals surface area contributed by atoms with E-state index in [9.17, 15) is 14.8 Å². The molecule has 0 saturated heterocycles. The molecule has 0 aliphatic rings. The van der Waals surface area contributed by atoms with Crippen molar-refractivity contribution in [3.05, 3.63) is 0 Å². The normalized spacial score (nSPS) is 13.7. The van der Waals surface area contributed by atoms with Crippen LogP contribution in [0.1, 0.15) is 33.1 Å². The Balaban J connectivity index is 3.76. The van der Waals surface area contributed by atoms with Gasteiger partial charge in [0.15, 0.2) is 0 Å². The van der Waals surface area contributed by atoms with Crippen LogP contribution in [-0.4, -0.2) is 51.7 Å². The molecule has 0 aromatic rings. The van der Waals surface area contributed by atoms with E-state index in [0.717, 1.165) is 24.3 Å². The molecule has 1 radical (unpaired) electrons. The third-order valence-electron chi connectivity index (χ3n) is 2.98. The van der Waals surface area contributed by atoms with Crippen LogP contribution in [0.4, 0.5) is 0 Å². The van der Waals surface area contributed by atoms with Crippen LogP contribution in [0.3, 0.4) is 0 Å². The largest absolute Gasteiger partial charge is 0.464 e. The molecular formula is C14H24I2NO5. The number of carbonyl (C=O) groups is 2. The molecule has 0 aromatic carbocycles. The monoisotopic (exact) mass is 540 g/mol. The first-order chi connectivity index (χ1) is 10.5. The number of nitrogens with zero attached hydrogens (tertiary/aromatic N) is 1. The first kappa shape index (κ1) is 22.3. The second-order valence-electron chi connectivity index (χ2n) is 4.78. The highest BCUT2D eigenvalue weighted by atomic mass is 127. The first-order valence-corrected chi connectivity index (χ1v) is 10.2. The lowest BCUT2D eigenvalue weighted by Crippen LogP contribution is -2.30. The summed E-state index contributed by atoms with van der Waals surface area (Å²) < 4.78 is 10.6. The predicted molar refractivity (Wildman–Crippen MR) is 99.6 cm³/mol. The van der Waals surface area contributed by atoms with Crippen LogP contribution in [0.25, 0.3) is 0 Å². The van der Waals surface area contributed by atoms with Crippen LogP contribution in [-0.2, 0) is 24.3 Å². The Morgan fingerprint density at radius 1 is 1.09 bits per heavy atom. The van der Waals surface area contributed by atoms with Gasteiger partial charge in [0, 0.05) is 4.43 Å². The summed E-state index contributed by atoms with van der Waals surface area (Å²) in [6, 6.07) is 0. The molecule has 0 spiro atoms. The third kappa shape index (κ3) is 10.2. The molecule has 2 unspecified atom stereocenters. The zero-order chi connectivity index (χ0) is 17.0. The summed E-state index contributed by atoms with van der Waals surface area (Å²) in [5, 5.41) is 12.3. The summed E-state index contributed by atoms with van der Waals surface area (Å²) in [7, 11) is 0. The van der Waals surface area contributed by atoms with Crippen molar-refractivity contribution in [2.75, 3.05) is 30.7 Å². The molecule has 2 atom stereocenters. The van der Waals surface area contributed by atoms with Gasteiger partial charge in [-0.1, -0.05) is 65.5 Å². The summed E-state index contributed by atoms with van der Waals surface area (Å²) >= 11 is 4.19. The summed E-state index contributed by atoms with van der Waals surface area (Å²) in [6.45, 7) is 4.23. The van der Waals surface area contributed by atoms with E-state index >= 15 is 0 Å². The number of ether oxygens (including phenoxy) is 2. The minimum atomic E-state index is -0.282. The third-order valence-corrected chi connectivity index (χ3v) is 5.17. The Morgan fingerprint density at radius 2 is 1.64 bits per heavy atom. The van der Waals surface area contributed by atoms with Crippen molar-refractivity contribution in [1.82, 2.24) is 5.06 Å². The molecular weight excluding hydrogens is 516 g/mol. The van der Waals surface area contributed by atoms with Crippen LogP contribution in [0, 0.1) is 5.92 Å². The fourth-order valence-corrected chi connectivity index (χ4v) is 3.31. The molecule has 8 heteroatoms. The smallest absolute Gasteiger partial charge is 0.318 e. The number of hydrogen-bond donors (Lipinski definition) is 0. The van der Waals surface area contributed by atoms with Crippen LogP contribution in [0.15, 0.2) is 0 Å². The average Bonchev–Trinajstić information content (AvgIpc) is 2.48. The van der Waals surface area contributed by atoms with E-state index in [2.05, 4.69) is 22.6 Å². The molecule has 0 heterocycles. The Morgan fingerprint density at radius 3 is 2.09 bits per heavy atom. The van der Waals surface area contributed by atoms with Crippen molar-refractivity contribution in [3.8, 4) is 0 Å².